The Morgan fingerprint density at radius 1 is 1.23 bits per heavy atom. The first-order valence-corrected chi connectivity index (χ1v) is 11.2. The fraction of sp³-hybridized carbons (Fsp3) is 0.273. The fourth-order valence-corrected chi connectivity index (χ4v) is 5.14. The standard InChI is InChI=1S/C22H18ClFN4O2S/c23-16-10-13(6-8-17(16)24)18-9-7-14(30-18)11-15-19(25)28-22(26-20(15)29)31-21(27-28)12-4-2-1-3-5-12/h6-12,25H,1-5H2/b15-11-,25-19?. The lowest BCUT2D eigenvalue weighted by Gasteiger charge is -2.20. The number of amidine groups is 2. The number of hydrogen-bond acceptors (Lipinski definition) is 5. The Labute approximate surface area is 187 Å². The van der Waals surface area contributed by atoms with E-state index in [9.17, 15) is 9.18 Å². The van der Waals surface area contributed by atoms with Gasteiger partial charge in [0.15, 0.2) is 5.84 Å². The molecule has 3 heterocycles. The number of carbonyl (C=O) groups excluding carboxylic acids is 1. The Morgan fingerprint density at radius 3 is 2.81 bits per heavy atom. The average Bonchev–Trinajstić information content (AvgIpc) is 3.41. The fourth-order valence-electron chi connectivity index (χ4n) is 3.90. The van der Waals surface area contributed by atoms with Crippen molar-refractivity contribution in [3.63, 3.8) is 0 Å². The third-order valence-electron chi connectivity index (χ3n) is 5.54. The number of amides is 1. The lowest BCUT2D eigenvalue weighted by Crippen LogP contribution is -2.35. The second-order valence-electron chi connectivity index (χ2n) is 7.62. The summed E-state index contributed by atoms with van der Waals surface area (Å²) in [5.74, 6) is 0.207. The second-order valence-corrected chi connectivity index (χ2v) is 9.02. The topological polar surface area (TPSA) is 82.0 Å². The van der Waals surface area contributed by atoms with Gasteiger partial charge in [0, 0.05) is 11.5 Å². The number of thioether (sulfide) groups is 1. The van der Waals surface area contributed by atoms with Gasteiger partial charge in [0.2, 0.25) is 5.17 Å². The van der Waals surface area contributed by atoms with Gasteiger partial charge in [-0.1, -0.05) is 30.9 Å². The molecule has 158 valence electrons. The third-order valence-corrected chi connectivity index (χ3v) is 6.90. The molecule has 0 spiro atoms. The number of fused-ring (bicyclic) bond motifs is 1. The highest BCUT2D eigenvalue weighted by Crippen LogP contribution is 2.36. The van der Waals surface area contributed by atoms with E-state index in [4.69, 9.17) is 21.4 Å². The molecule has 1 aromatic carbocycles. The van der Waals surface area contributed by atoms with Crippen molar-refractivity contribution in [3.8, 4) is 11.3 Å². The Hall–Kier alpha value is -2.71. The molecular weight excluding hydrogens is 439 g/mol. The molecule has 9 heteroatoms. The minimum atomic E-state index is -0.508. The van der Waals surface area contributed by atoms with Gasteiger partial charge in [0.05, 0.1) is 10.6 Å². The predicted molar refractivity (Wildman–Crippen MR) is 121 cm³/mol. The first-order chi connectivity index (χ1) is 15.0. The summed E-state index contributed by atoms with van der Waals surface area (Å²) in [5.41, 5.74) is 0.718. The largest absolute Gasteiger partial charge is 0.457 e. The smallest absolute Gasteiger partial charge is 0.283 e. The zero-order chi connectivity index (χ0) is 21.5. The lowest BCUT2D eigenvalue weighted by atomic mass is 9.90. The summed E-state index contributed by atoms with van der Waals surface area (Å²) in [6, 6.07) is 7.67. The van der Waals surface area contributed by atoms with Crippen LogP contribution < -0.4 is 0 Å². The summed E-state index contributed by atoms with van der Waals surface area (Å²) >= 11 is 7.24. The second kappa shape index (κ2) is 8.09. The van der Waals surface area contributed by atoms with E-state index in [0.29, 0.717) is 28.2 Å². The molecule has 0 saturated heterocycles. The Morgan fingerprint density at radius 2 is 2.03 bits per heavy atom. The monoisotopic (exact) mass is 456 g/mol. The van der Waals surface area contributed by atoms with E-state index in [1.54, 1.807) is 18.2 Å². The number of benzene rings is 1. The molecule has 1 aromatic heterocycles. The van der Waals surface area contributed by atoms with Gasteiger partial charge in [-0.2, -0.15) is 15.1 Å². The van der Waals surface area contributed by atoms with Crippen LogP contribution in [0.25, 0.3) is 17.4 Å². The number of carbonyl (C=O) groups is 1. The van der Waals surface area contributed by atoms with Crippen molar-refractivity contribution < 1.29 is 13.6 Å². The van der Waals surface area contributed by atoms with Crippen molar-refractivity contribution in [2.75, 3.05) is 0 Å². The van der Waals surface area contributed by atoms with E-state index in [1.165, 1.54) is 54.2 Å². The molecule has 3 aliphatic rings. The maximum absolute atomic E-state index is 13.4. The highest BCUT2D eigenvalue weighted by atomic mass is 35.5. The van der Waals surface area contributed by atoms with Gasteiger partial charge in [-0.15, -0.1) is 0 Å². The summed E-state index contributed by atoms with van der Waals surface area (Å²) in [6.07, 6.45) is 7.25. The van der Waals surface area contributed by atoms with Crippen LogP contribution in [0, 0.1) is 17.1 Å². The van der Waals surface area contributed by atoms with Crippen molar-refractivity contribution in [1.29, 1.82) is 5.41 Å². The van der Waals surface area contributed by atoms with Crippen LogP contribution in [0.3, 0.4) is 0 Å². The highest BCUT2D eigenvalue weighted by Gasteiger charge is 2.38. The van der Waals surface area contributed by atoms with Crippen LogP contribution in [0.1, 0.15) is 37.9 Å². The maximum atomic E-state index is 13.4. The minimum Gasteiger partial charge on any atom is -0.457 e. The van der Waals surface area contributed by atoms with Crippen LogP contribution in [0.4, 0.5) is 4.39 Å². The number of rotatable bonds is 3. The van der Waals surface area contributed by atoms with Gasteiger partial charge in [0.25, 0.3) is 5.91 Å². The Bertz CT molecular complexity index is 1180. The molecule has 0 unspecified atom stereocenters. The van der Waals surface area contributed by atoms with Crippen LogP contribution in [-0.2, 0) is 4.79 Å². The summed E-state index contributed by atoms with van der Waals surface area (Å²) in [7, 11) is 0. The average molecular weight is 457 g/mol. The summed E-state index contributed by atoms with van der Waals surface area (Å²) in [6.45, 7) is 0. The molecule has 2 aliphatic heterocycles. The molecular formula is C22H18ClFN4O2S. The molecule has 1 fully saturated rings. The first kappa shape index (κ1) is 20.2. The van der Waals surface area contributed by atoms with Gasteiger partial charge in [-0.25, -0.2) is 4.39 Å². The van der Waals surface area contributed by atoms with Crippen LogP contribution >= 0.6 is 23.4 Å². The molecule has 0 bridgehead atoms. The van der Waals surface area contributed by atoms with E-state index in [-0.39, 0.29) is 16.4 Å². The SMILES string of the molecule is N=C1/C(=C/c2ccc(-c3ccc(F)c(Cl)c3)o2)C(=O)N=C2SC(C3CCCCC3)=NN12. The Kier molecular flexibility index (Phi) is 5.27. The first-order valence-electron chi connectivity index (χ1n) is 10.0. The molecule has 6 nitrogen and oxygen atoms in total. The molecule has 5 rings (SSSR count). The van der Waals surface area contributed by atoms with Gasteiger partial charge < -0.3 is 4.42 Å². The van der Waals surface area contributed by atoms with E-state index < -0.39 is 11.7 Å². The van der Waals surface area contributed by atoms with Crippen molar-refractivity contribution in [1.82, 2.24) is 5.01 Å². The predicted octanol–water partition coefficient (Wildman–Crippen LogP) is 5.94. The van der Waals surface area contributed by atoms with E-state index in [0.717, 1.165) is 17.9 Å². The number of hydrazone groups is 1. The quantitative estimate of drug-likeness (QED) is 0.579. The van der Waals surface area contributed by atoms with E-state index in [2.05, 4.69) is 10.1 Å². The molecule has 1 aliphatic carbocycles. The summed E-state index contributed by atoms with van der Waals surface area (Å²) in [4.78, 5) is 16.8. The molecule has 0 radical (unpaired) electrons. The van der Waals surface area contributed by atoms with Gasteiger partial charge in [-0.3, -0.25) is 10.2 Å². The molecule has 1 saturated carbocycles. The number of nitrogens with one attached hydrogen (secondary N) is 1. The molecule has 2 aromatic rings. The molecule has 31 heavy (non-hydrogen) atoms. The zero-order valence-electron chi connectivity index (χ0n) is 16.4. The number of furan rings is 1. The van der Waals surface area contributed by atoms with Gasteiger partial charge in [-0.05, 0) is 61.0 Å². The molecule has 1 amide bonds. The lowest BCUT2D eigenvalue weighted by molar-refractivity contribution is -0.114. The number of nitrogens with zero attached hydrogens (tertiary/aromatic N) is 3. The van der Waals surface area contributed by atoms with E-state index >= 15 is 0 Å². The van der Waals surface area contributed by atoms with Crippen molar-refractivity contribution >= 4 is 51.4 Å². The minimum absolute atomic E-state index is 0.00178. The van der Waals surface area contributed by atoms with Crippen molar-refractivity contribution in [2.45, 2.75) is 32.1 Å². The number of hydrogen-bond donors (Lipinski definition) is 1. The maximum Gasteiger partial charge on any atom is 0.283 e. The van der Waals surface area contributed by atoms with Gasteiger partial charge >= 0.3 is 0 Å². The summed E-state index contributed by atoms with van der Waals surface area (Å²) in [5, 5.41) is 15.9. The molecule has 0 atom stereocenters. The van der Waals surface area contributed by atoms with E-state index in [1.807, 2.05) is 0 Å². The van der Waals surface area contributed by atoms with Crippen LogP contribution in [0.5, 0.6) is 0 Å². The Balaban J connectivity index is 1.40. The normalized spacial score (nSPS) is 20.8. The number of halogens is 2. The zero-order valence-corrected chi connectivity index (χ0v) is 18.0. The highest BCUT2D eigenvalue weighted by molar-refractivity contribution is 8.27. The van der Waals surface area contributed by atoms with Gasteiger partial charge in [0.1, 0.15) is 22.4 Å². The van der Waals surface area contributed by atoms with Crippen LogP contribution in [0.15, 0.2) is 50.4 Å². The van der Waals surface area contributed by atoms with Crippen LogP contribution in [-0.4, -0.2) is 27.0 Å². The van der Waals surface area contributed by atoms with Crippen molar-refractivity contribution in [3.05, 3.63) is 52.5 Å². The molecule has 1 N–H and O–H groups in total. The number of aliphatic imine (C=N–C) groups is 1. The van der Waals surface area contributed by atoms with Crippen LogP contribution in [0.2, 0.25) is 5.02 Å². The van der Waals surface area contributed by atoms with Crippen molar-refractivity contribution in [2.24, 2.45) is 16.0 Å². The summed E-state index contributed by atoms with van der Waals surface area (Å²) < 4.78 is 19.2. The third kappa shape index (κ3) is 3.85.